The minimum atomic E-state index is -2.69. The van der Waals surface area contributed by atoms with Gasteiger partial charge in [-0.1, -0.05) is 0 Å². The molecule has 0 saturated carbocycles. The topological polar surface area (TPSA) is 256 Å². The molecule has 186 valence electrons. The third-order valence-corrected chi connectivity index (χ3v) is 5.35. The van der Waals surface area contributed by atoms with E-state index in [1.54, 1.807) is 0 Å². The molecule has 0 spiro atoms. The van der Waals surface area contributed by atoms with E-state index in [0.717, 1.165) is 6.92 Å². The first-order chi connectivity index (χ1) is 14.8. The molecular weight excluding hydrogens is 442 g/mol. The summed E-state index contributed by atoms with van der Waals surface area (Å²) in [4.78, 5) is 23.5. The van der Waals surface area contributed by atoms with Gasteiger partial charge in [-0.25, -0.2) is 4.79 Å². The monoisotopic (exact) mass is 471 g/mol. The van der Waals surface area contributed by atoms with Gasteiger partial charge in [0.1, 0.15) is 42.7 Å². The van der Waals surface area contributed by atoms with Crippen LogP contribution in [0.4, 0.5) is 0 Å². The predicted molar refractivity (Wildman–Crippen MR) is 97.4 cm³/mol. The number of carbonyl (C=O) groups excluding carboxylic acids is 1. The Kier molecular flexibility index (Phi) is 8.88. The molecule has 0 aromatic rings. The lowest BCUT2D eigenvalue weighted by atomic mass is 9.88. The summed E-state index contributed by atoms with van der Waals surface area (Å²) in [7, 11) is 0. The van der Waals surface area contributed by atoms with Gasteiger partial charge in [0.2, 0.25) is 5.91 Å². The molecule has 4 unspecified atom stereocenters. The van der Waals surface area contributed by atoms with E-state index < -0.39 is 98.5 Å². The third kappa shape index (κ3) is 5.52. The summed E-state index contributed by atoms with van der Waals surface area (Å²) in [6, 6.07) is -1.39. The quantitative estimate of drug-likeness (QED) is 0.158. The van der Waals surface area contributed by atoms with Crippen molar-refractivity contribution in [2.75, 3.05) is 13.2 Å². The second kappa shape index (κ2) is 10.6. The highest BCUT2D eigenvalue weighted by Crippen LogP contribution is 2.34. The highest BCUT2D eigenvalue weighted by molar-refractivity contribution is 5.76. The van der Waals surface area contributed by atoms with Gasteiger partial charge in [-0.2, -0.15) is 0 Å². The van der Waals surface area contributed by atoms with Crippen LogP contribution in [0.1, 0.15) is 13.3 Å². The van der Waals surface area contributed by atoms with Crippen LogP contribution in [0.25, 0.3) is 0 Å². The molecule has 1 amide bonds. The van der Waals surface area contributed by atoms with Crippen LogP contribution in [0.15, 0.2) is 0 Å². The molecule has 11 atom stereocenters. The maximum atomic E-state index is 12.0. The van der Waals surface area contributed by atoms with Crippen LogP contribution in [-0.2, 0) is 23.8 Å². The Bertz CT molecular complexity index is 665. The summed E-state index contributed by atoms with van der Waals surface area (Å²) >= 11 is 0. The van der Waals surface area contributed by atoms with Crippen LogP contribution >= 0.6 is 0 Å². The maximum absolute atomic E-state index is 12.0. The number of ether oxygens (including phenoxy) is 3. The number of rotatable bonds is 8. The van der Waals surface area contributed by atoms with Crippen LogP contribution in [-0.4, -0.2) is 138 Å². The second-order valence-electron chi connectivity index (χ2n) is 7.73. The van der Waals surface area contributed by atoms with Crippen molar-refractivity contribution < 1.29 is 69.8 Å². The van der Waals surface area contributed by atoms with Crippen molar-refractivity contribution in [2.45, 2.75) is 80.3 Å². The number of carboxylic acids is 1. The zero-order valence-electron chi connectivity index (χ0n) is 17.0. The van der Waals surface area contributed by atoms with Crippen LogP contribution in [0.2, 0.25) is 0 Å². The number of aliphatic hydroxyl groups is 8. The molecule has 0 radical (unpaired) electrons. The van der Waals surface area contributed by atoms with E-state index in [4.69, 9.17) is 19.3 Å². The van der Waals surface area contributed by atoms with Crippen molar-refractivity contribution in [3.8, 4) is 0 Å². The summed E-state index contributed by atoms with van der Waals surface area (Å²) in [5.74, 6) is -5.15. The number of amides is 1. The zero-order valence-corrected chi connectivity index (χ0v) is 17.0. The number of carbonyl (C=O) groups is 2. The van der Waals surface area contributed by atoms with Gasteiger partial charge in [0.05, 0.1) is 25.4 Å². The Hall–Kier alpha value is -1.50. The van der Waals surface area contributed by atoms with Gasteiger partial charge in [0.25, 0.3) is 5.79 Å². The fourth-order valence-corrected chi connectivity index (χ4v) is 3.56. The first-order valence-electron chi connectivity index (χ1n) is 9.69. The zero-order chi connectivity index (χ0) is 24.4. The predicted octanol–water partition coefficient (Wildman–Crippen LogP) is -6.05. The van der Waals surface area contributed by atoms with E-state index in [2.05, 4.69) is 5.32 Å². The molecule has 0 aromatic heterocycles. The fourth-order valence-electron chi connectivity index (χ4n) is 3.56. The number of hydrogen-bond acceptors (Lipinski definition) is 13. The van der Waals surface area contributed by atoms with E-state index >= 15 is 0 Å². The number of aliphatic hydroxyl groups excluding tert-OH is 8. The summed E-state index contributed by atoms with van der Waals surface area (Å²) in [5.41, 5.74) is 0. The Balaban J connectivity index is 2.27. The second-order valence-corrected chi connectivity index (χ2v) is 7.73. The van der Waals surface area contributed by atoms with Gasteiger partial charge in [-0.05, 0) is 0 Å². The normalized spacial score (nSPS) is 42.2. The van der Waals surface area contributed by atoms with Crippen molar-refractivity contribution in [1.82, 2.24) is 5.32 Å². The lowest BCUT2D eigenvalue weighted by Gasteiger charge is -2.47. The third-order valence-electron chi connectivity index (χ3n) is 5.35. The van der Waals surface area contributed by atoms with Crippen molar-refractivity contribution >= 4 is 11.9 Å². The first kappa shape index (κ1) is 26.7. The minimum Gasteiger partial charge on any atom is -0.477 e. The van der Waals surface area contributed by atoms with Gasteiger partial charge in [-0.15, -0.1) is 0 Å². The summed E-state index contributed by atoms with van der Waals surface area (Å²) in [6.45, 7) is -0.691. The minimum absolute atomic E-state index is 0.669. The molecule has 2 rings (SSSR count). The Morgan fingerprint density at radius 2 is 1.75 bits per heavy atom. The number of carboxylic acid groups (broad SMARTS) is 1. The SMILES string of the molecule is CC(=O)N[C@H]1C([C@H](O)[C@H](O)CO)O[C@@](OCC2O[C@@H](O)C(O)C(O)[C@H]2O)(C(=O)O)C[C@H]1O. The standard InChI is InChI=1S/C17H29NO14/c1-5(20)18-9-6(21)2-17(16(28)29,32-14(9)10(23)7(22)3-19)30-4-8-11(24)12(25)13(26)15(27)31-8/h6-15,19,21-27H,2-4H2,1H3,(H,18,20)(H,28,29)/t6-,7-,8?,9-,10-,11+,12?,13?,14?,15-,17-/m1/s1. The number of aliphatic carboxylic acids is 1. The number of nitrogens with one attached hydrogen (secondary N) is 1. The fraction of sp³-hybridized carbons (Fsp3) is 0.882. The summed E-state index contributed by atoms with van der Waals surface area (Å²) < 4.78 is 15.5. The van der Waals surface area contributed by atoms with Crippen molar-refractivity contribution in [3.05, 3.63) is 0 Å². The van der Waals surface area contributed by atoms with Crippen LogP contribution in [0, 0.1) is 0 Å². The maximum Gasteiger partial charge on any atom is 0.364 e. The molecule has 0 aliphatic carbocycles. The molecule has 0 aromatic carbocycles. The molecule has 2 fully saturated rings. The van der Waals surface area contributed by atoms with Crippen molar-refractivity contribution in [3.63, 3.8) is 0 Å². The smallest absolute Gasteiger partial charge is 0.364 e. The van der Waals surface area contributed by atoms with Gasteiger partial charge >= 0.3 is 5.97 Å². The van der Waals surface area contributed by atoms with Gasteiger partial charge in [-0.3, -0.25) is 4.79 Å². The largest absolute Gasteiger partial charge is 0.477 e. The molecule has 2 saturated heterocycles. The lowest BCUT2D eigenvalue weighted by Crippen LogP contribution is -2.68. The summed E-state index contributed by atoms with van der Waals surface area (Å²) in [6.07, 6.45) is -16.9. The van der Waals surface area contributed by atoms with Crippen molar-refractivity contribution in [2.24, 2.45) is 0 Å². The first-order valence-corrected chi connectivity index (χ1v) is 9.69. The Morgan fingerprint density at radius 1 is 1.12 bits per heavy atom. The average molecular weight is 471 g/mol. The molecule has 2 heterocycles. The molecule has 2 aliphatic rings. The van der Waals surface area contributed by atoms with Crippen LogP contribution in [0.3, 0.4) is 0 Å². The van der Waals surface area contributed by atoms with Gasteiger partial charge in [0, 0.05) is 13.3 Å². The van der Waals surface area contributed by atoms with E-state index in [-0.39, 0.29) is 0 Å². The van der Waals surface area contributed by atoms with Crippen LogP contribution in [0.5, 0.6) is 0 Å². The van der Waals surface area contributed by atoms with Crippen molar-refractivity contribution in [1.29, 1.82) is 0 Å². The number of hydrogen-bond donors (Lipinski definition) is 10. The Morgan fingerprint density at radius 3 is 2.28 bits per heavy atom. The van der Waals surface area contributed by atoms with Gasteiger partial charge in [0.15, 0.2) is 6.29 Å². The molecule has 15 heteroatoms. The highest BCUT2D eigenvalue weighted by atomic mass is 16.7. The molecule has 32 heavy (non-hydrogen) atoms. The highest BCUT2D eigenvalue weighted by Gasteiger charge is 2.56. The van der Waals surface area contributed by atoms with E-state index in [1.807, 2.05) is 0 Å². The molecule has 2 aliphatic heterocycles. The molecule has 0 bridgehead atoms. The molecule has 15 nitrogen and oxygen atoms in total. The van der Waals surface area contributed by atoms with Crippen LogP contribution < -0.4 is 5.32 Å². The Labute approximate surface area is 181 Å². The summed E-state index contributed by atoms with van der Waals surface area (Å²) in [5, 5.41) is 90.6. The van der Waals surface area contributed by atoms with Gasteiger partial charge < -0.3 is 65.5 Å². The van der Waals surface area contributed by atoms with E-state index in [1.165, 1.54) is 0 Å². The molecule has 10 N–H and O–H groups in total. The molecular formula is C17H29NO14. The average Bonchev–Trinajstić information content (AvgIpc) is 2.73. The van der Waals surface area contributed by atoms with E-state index in [9.17, 15) is 50.4 Å². The lowest BCUT2D eigenvalue weighted by molar-refractivity contribution is -0.334. The van der Waals surface area contributed by atoms with E-state index in [0.29, 0.717) is 0 Å².